The normalized spacial score (nSPS) is 11.5. The van der Waals surface area contributed by atoms with E-state index in [4.69, 9.17) is 4.42 Å². The smallest absolute Gasteiger partial charge is 0.195 e. The quantitative estimate of drug-likeness (QED) is 0.744. The van der Waals surface area contributed by atoms with Gasteiger partial charge in [-0.25, -0.2) is 4.98 Å². The summed E-state index contributed by atoms with van der Waals surface area (Å²) in [5, 5.41) is 0. The third-order valence-electron chi connectivity index (χ3n) is 2.70. The van der Waals surface area contributed by atoms with Gasteiger partial charge in [0.2, 0.25) is 0 Å². The molecule has 0 N–H and O–H groups in total. The van der Waals surface area contributed by atoms with Crippen LogP contribution < -0.4 is 0 Å². The topological polar surface area (TPSA) is 26.0 Å². The summed E-state index contributed by atoms with van der Waals surface area (Å²) in [6.45, 7) is 8.53. The van der Waals surface area contributed by atoms with Crippen molar-refractivity contribution in [1.29, 1.82) is 0 Å². The van der Waals surface area contributed by atoms with E-state index in [1.54, 1.807) is 0 Å². The Morgan fingerprint density at radius 3 is 2.67 bits per heavy atom. The summed E-state index contributed by atoms with van der Waals surface area (Å²) in [5.41, 5.74) is 4.39. The van der Waals surface area contributed by atoms with Crippen LogP contribution in [0.2, 0.25) is 0 Å². The molecule has 2 rings (SSSR count). The lowest BCUT2D eigenvalue weighted by Crippen LogP contribution is -1.93. The molecule has 0 aliphatic rings. The van der Waals surface area contributed by atoms with Crippen molar-refractivity contribution in [2.24, 2.45) is 5.92 Å². The second-order valence-corrected chi connectivity index (χ2v) is 4.56. The number of aryl methyl sites for hydroxylation is 2. The summed E-state index contributed by atoms with van der Waals surface area (Å²) in [6, 6.07) is 4.13. The van der Waals surface area contributed by atoms with E-state index in [2.05, 4.69) is 38.7 Å². The number of oxazole rings is 1. The number of nitrogens with zero attached hydrogens (tertiary/aromatic N) is 1. The highest BCUT2D eigenvalue weighted by molar-refractivity contribution is 5.77. The van der Waals surface area contributed by atoms with Crippen molar-refractivity contribution in [3.63, 3.8) is 0 Å². The van der Waals surface area contributed by atoms with E-state index in [-0.39, 0.29) is 0 Å². The third kappa shape index (κ3) is 1.89. The van der Waals surface area contributed by atoms with Crippen molar-refractivity contribution >= 4 is 11.1 Å². The first kappa shape index (κ1) is 10.2. The molecule has 0 unspecified atom stereocenters. The van der Waals surface area contributed by atoms with Gasteiger partial charge >= 0.3 is 0 Å². The summed E-state index contributed by atoms with van der Waals surface area (Å²) in [6.07, 6.45) is 0.910. The fraction of sp³-hybridized carbons (Fsp3) is 0.462. The zero-order valence-corrected chi connectivity index (χ0v) is 9.79. The predicted molar refractivity (Wildman–Crippen MR) is 62.0 cm³/mol. The number of benzene rings is 1. The van der Waals surface area contributed by atoms with Crippen LogP contribution in [0.1, 0.15) is 30.9 Å². The molecule has 15 heavy (non-hydrogen) atoms. The molecule has 2 nitrogen and oxygen atoms in total. The minimum atomic E-state index is 0.583. The van der Waals surface area contributed by atoms with E-state index < -0.39 is 0 Å². The Balaban J connectivity index is 2.51. The van der Waals surface area contributed by atoms with Crippen molar-refractivity contribution < 1.29 is 4.42 Å². The van der Waals surface area contributed by atoms with Gasteiger partial charge in [-0.05, 0) is 37.0 Å². The molecule has 80 valence electrons. The third-order valence-corrected chi connectivity index (χ3v) is 2.70. The zero-order chi connectivity index (χ0) is 11.0. The number of rotatable bonds is 2. The Kier molecular flexibility index (Phi) is 2.51. The van der Waals surface area contributed by atoms with E-state index >= 15 is 0 Å². The van der Waals surface area contributed by atoms with Gasteiger partial charge in [-0.3, -0.25) is 0 Å². The van der Waals surface area contributed by atoms with E-state index in [1.165, 1.54) is 11.1 Å². The van der Waals surface area contributed by atoms with Crippen LogP contribution in [0.5, 0.6) is 0 Å². The van der Waals surface area contributed by atoms with E-state index in [0.717, 1.165) is 23.4 Å². The summed E-state index contributed by atoms with van der Waals surface area (Å²) < 4.78 is 5.78. The predicted octanol–water partition coefficient (Wildman–Crippen LogP) is 3.64. The second kappa shape index (κ2) is 3.69. The number of aromatic nitrogens is 1. The average molecular weight is 203 g/mol. The van der Waals surface area contributed by atoms with Crippen molar-refractivity contribution in [1.82, 2.24) is 4.98 Å². The van der Waals surface area contributed by atoms with Crippen molar-refractivity contribution in [2.45, 2.75) is 34.1 Å². The molecule has 0 saturated heterocycles. The number of hydrogen-bond donors (Lipinski definition) is 0. The van der Waals surface area contributed by atoms with Crippen LogP contribution in [0.15, 0.2) is 16.5 Å². The lowest BCUT2D eigenvalue weighted by Gasteiger charge is -1.98. The molecule has 2 heteroatoms. The maximum atomic E-state index is 5.78. The van der Waals surface area contributed by atoms with Crippen molar-refractivity contribution in [2.75, 3.05) is 0 Å². The molecule has 0 radical (unpaired) electrons. The van der Waals surface area contributed by atoms with Gasteiger partial charge in [0.25, 0.3) is 0 Å². The molecule has 0 saturated carbocycles. The molecule has 2 aromatic rings. The fourth-order valence-corrected chi connectivity index (χ4v) is 1.70. The van der Waals surface area contributed by atoms with Gasteiger partial charge in [-0.1, -0.05) is 19.9 Å². The molecule has 1 aromatic heterocycles. The SMILES string of the molecule is Cc1ccc2nc(CC(C)C)oc2c1C. The molecular formula is C13H17NO. The van der Waals surface area contributed by atoms with Crippen LogP contribution in [0.25, 0.3) is 11.1 Å². The molecule has 1 heterocycles. The van der Waals surface area contributed by atoms with E-state index in [1.807, 2.05) is 6.07 Å². The van der Waals surface area contributed by atoms with Gasteiger partial charge in [0.05, 0.1) is 0 Å². The van der Waals surface area contributed by atoms with Crippen LogP contribution in [-0.2, 0) is 6.42 Å². The molecule has 0 amide bonds. The minimum Gasteiger partial charge on any atom is -0.440 e. The second-order valence-electron chi connectivity index (χ2n) is 4.56. The lowest BCUT2D eigenvalue weighted by molar-refractivity contribution is 0.481. The average Bonchev–Trinajstić information content (AvgIpc) is 2.54. The van der Waals surface area contributed by atoms with Crippen molar-refractivity contribution in [3.05, 3.63) is 29.2 Å². The standard InChI is InChI=1S/C13H17NO/c1-8(2)7-12-14-11-6-5-9(3)10(4)13(11)15-12/h5-6,8H,7H2,1-4H3. The molecule has 0 atom stereocenters. The first-order valence-corrected chi connectivity index (χ1v) is 5.43. The monoisotopic (exact) mass is 203 g/mol. The summed E-state index contributed by atoms with van der Waals surface area (Å²) in [5.74, 6) is 1.44. The summed E-state index contributed by atoms with van der Waals surface area (Å²) >= 11 is 0. The van der Waals surface area contributed by atoms with Crippen LogP contribution in [-0.4, -0.2) is 4.98 Å². The van der Waals surface area contributed by atoms with Crippen LogP contribution in [0.4, 0.5) is 0 Å². The van der Waals surface area contributed by atoms with Gasteiger partial charge < -0.3 is 4.42 Å². The number of hydrogen-bond acceptors (Lipinski definition) is 2. The fourth-order valence-electron chi connectivity index (χ4n) is 1.70. The Morgan fingerprint density at radius 1 is 1.27 bits per heavy atom. The van der Waals surface area contributed by atoms with Gasteiger partial charge in [-0.15, -0.1) is 0 Å². The maximum Gasteiger partial charge on any atom is 0.195 e. The maximum absolute atomic E-state index is 5.78. The molecule has 0 bridgehead atoms. The highest BCUT2D eigenvalue weighted by Crippen LogP contribution is 2.23. The molecular weight excluding hydrogens is 186 g/mol. The zero-order valence-electron chi connectivity index (χ0n) is 9.79. The van der Waals surface area contributed by atoms with Gasteiger partial charge in [-0.2, -0.15) is 0 Å². The van der Waals surface area contributed by atoms with Crippen LogP contribution in [0, 0.1) is 19.8 Å². The van der Waals surface area contributed by atoms with E-state index in [9.17, 15) is 0 Å². The van der Waals surface area contributed by atoms with Crippen molar-refractivity contribution in [3.8, 4) is 0 Å². The molecule has 0 aliphatic heterocycles. The minimum absolute atomic E-state index is 0.583. The number of fused-ring (bicyclic) bond motifs is 1. The van der Waals surface area contributed by atoms with Crippen LogP contribution >= 0.6 is 0 Å². The summed E-state index contributed by atoms with van der Waals surface area (Å²) in [7, 11) is 0. The summed E-state index contributed by atoms with van der Waals surface area (Å²) in [4.78, 5) is 4.49. The molecule has 1 aromatic carbocycles. The Bertz CT molecular complexity index is 482. The van der Waals surface area contributed by atoms with Gasteiger partial charge in [0, 0.05) is 6.42 Å². The Morgan fingerprint density at radius 2 is 2.00 bits per heavy atom. The highest BCUT2D eigenvalue weighted by Gasteiger charge is 2.10. The lowest BCUT2D eigenvalue weighted by atomic mass is 10.1. The largest absolute Gasteiger partial charge is 0.440 e. The first-order valence-electron chi connectivity index (χ1n) is 5.43. The van der Waals surface area contributed by atoms with Gasteiger partial charge in [0.1, 0.15) is 5.52 Å². The Labute approximate surface area is 90.3 Å². The van der Waals surface area contributed by atoms with Gasteiger partial charge in [0.15, 0.2) is 11.5 Å². The molecule has 0 spiro atoms. The Hall–Kier alpha value is -1.31. The highest BCUT2D eigenvalue weighted by atomic mass is 16.3. The first-order chi connectivity index (χ1) is 7.08. The van der Waals surface area contributed by atoms with E-state index in [0.29, 0.717) is 5.92 Å². The molecule has 0 fully saturated rings. The van der Waals surface area contributed by atoms with Crippen LogP contribution in [0.3, 0.4) is 0 Å². The molecule has 0 aliphatic carbocycles.